The first kappa shape index (κ1) is 21.5. The summed E-state index contributed by atoms with van der Waals surface area (Å²) in [5.74, 6) is 0.835. The second-order valence-corrected chi connectivity index (χ2v) is 7.90. The molecule has 3 aromatic rings. The van der Waals surface area contributed by atoms with Gasteiger partial charge in [0, 0.05) is 25.2 Å². The van der Waals surface area contributed by atoms with Crippen LogP contribution in [0.2, 0.25) is 0 Å². The number of nitrogens with one attached hydrogen (secondary N) is 2. The molecule has 30 heavy (non-hydrogen) atoms. The maximum Gasteiger partial charge on any atom is 0.407 e. The van der Waals surface area contributed by atoms with Gasteiger partial charge in [0.25, 0.3) is 0 Å². The number of methoxy groups -OCH3 is 1. The Morgan fingerprint density at radius 3 is 2.63 bits per heavy atom. The van der Waals surface area contributed by atoms with E-state index in [0.717, 1.165) is 12.8 Å². The van der Waals surface area contributed by atoms with Crippen LogP contribution in [-0.4, -0.2) is 51.5 Å². The van der Waals surface area contributed by atoms with Crippen molar-refractivity contribution in [1.82, 2.24) is 24.9 Å². The minimum atomic E-state index is -0.513. The Morgan fingerprint density at radius 2 is 1.93 bits per heavy atom. The maximum absolute atomic E-state index is 14.2. The normalized spacial score (nSPS) is 11.7. The molecular formula is C20H27FN6O3. The summed E-state index contributed by atoms with van der Waals surface area (Å²) in [6, 6.07) is 2.93. The van der Waals surface area contributed by atoms with Gasteiger partial charge in [0.1, 0.15) is 11.4 Å². The van der Waals surface area contributed by atoms with Crippen molar-refractivity contribution in [2.24, 2.45) is 0 Å². The van der Waals surface area contributed by atoms with Gasteiger partial charge in [-0.05, 0) is 40.5 Å². The summed E-state index contributed by atoms with van der Waals surface area (Å²) in [5, 5.41) is 14.3. The van der Waals surface area contributed by atoms with E-state index in [4.69, 9.17) is 9.47 Å². The van der Waals surface area contributed by atoms with Gasteiger partial charge in [0.05, 0.1) is 18.1 Å². The number of hydrogen-bond acceptors (Lipinski definition) is 7. The number of aromatic nitrogens is 4. The Hall–Kier alpha value is -3.17. The van der Waals surface area contributed by atoms with E-state index in [9.17, 15) is 9.18 Å². The van der Waals surface area contributed by atoms with Crippen LogP contribution in [0.5, 0.6) is 5.75 Å². The van der Waals surface area contributed by atoms with Crippen LogP contribution in [0, 0.1) is 12.7 Å². The number of nitrogens with zero attached hydrogens (tertiary/aromatic N) is 4. The second kappa shape index (κ2) is 8.68. The van der Waals surface area contributed by atoms with Crippen LogP contribution in [0.15, 0.2) is 12.1 Å². The molecule has 0 aliphatic rings. The summed E-state index contributed by atoms with van der Waals surface area (Å²) < 4.78 is 26.2. The molecule has 0 aliphatic heterocycles. The van der Waals surface area contributed by atoms with Crippen LogP contribution in [0.1, 0.15) is 39.4 Å². The second-order valence-electron chi connectivity index (χ2n) is 7.90. The minimum absolute atomic E-state index is 0.124. The van der Waals surface area contributed by atoms with Gasteiger partial charge in [-0.3, -0.25) is 4.40 Å². The first-order valence-corrected chi connectivity index (χ1v) is 9.79. The number of halogens is 1. The fraction of sp³-hybridized carbons (Fsp3) is 0.500. The van der Waals surface area contributed by atoms with Crippen LogP contribution in [0.4, 0.5) is 15.0 Å². The van der Waals surface area contributed by atoms with Crippen molar-refractivity contribution in [3.8, 4) is 5.75 Å². The Bertz CT molecular complexity index is 1060. The molecule has 2 aromatic heterocycles. The number of rotatable bonds is 7. The third kappa shape index (κ3) is 4.87. The van der Waals surface area contributed by atoms with E-state index in [1.54, 1.807) is 17.4 Å². The lowest BCUT2D eigenvalue weighted by Gasteiger charge is -2.19. The zero-order chi connectivity index (χ0) is 21.9. The fourth-order valence-corrected chi connectivity index (χ4v) is 3.01. The standard InChI is InChI=1S/C20H27FN6O3/c1-12-25-26-18-17(22-8-6-7-9-23-19(28)30-20(2,3)4)24-14-11-16(29-5)13(21)10-15(14)27(12)18/h10-11H,6-9H2,1-5H3,(H,22,24)(H,23,28). The lowest BCUT2D eigenvalue weighted by Crippen LogP contribution is -2.33. The molecule has 2 N–H and O–H groups in total. The highest BCUT2D eigenvalue weighted by atomic mass is 19.1. The average Bonchev–Trinajstić information content (AvgIpc) is 3.05. The maximum atomic E-state index is 14.2. The quantitative estimate of drug-likeness (QED) is 0.567. The van der Waals surface area contributed by atoms with Crippen molar-refractivity contribution < 1.29 is 18.7 Å². The summed E-state index contributed by atoms with van der Waals surface area (Å²) >= 11 is 0. The average molecular weight is 418 g/mol. The van der Waals surface area contributed by atoms with Crippen molar-refractivity contribution >= 4 is 28.6 Å². The number of anilines is 1. The van der Waals surface area contributed by atoms with Crippen molar-refractivity contribution in [2.45, 2.75) is 46.1 Å². The molecule has 3 rings (SSSR count). The number of carbonyl (C=O) groups is 1. The summed E-state index contributed by atoms with van der Waals surface area (Å²) in [5.41, 5.74) is 1.15. The van der Waals surface area contributed by atoms with Gasteiger partial charge in [0.2, 0.25) is 5.65 Å². The van der Waals surface area contributed by atoms with Crippen LogP contribution in [0.25, 0.3) is 16.7 Å². The van der Waals surface area contributed by atoms with Crippen molar-refractivity contribution in [1.29, 1.82) is 0 Å². The van der Waals surface area contributed by atoms with E-state index in [1.807, 2.05) is 20.8 Å². The third-order valence-corrected chi connectivity index (χ3v) is 4.32. The van der Waals surface area contributed by atoms with E-state index >= 15 is 0 Å². The molecule has 0 radical (unpaired) electrons. The Morgan fingerprint density at radius 1 is 1.20 bits per heavy atom. The van der Waals surface area contributed by atoms with E-state index in [0.29, 0.717) is 41.4 Å². The topological polar surface area (TPSA) is 103 Å². The first-order valence-electron chi connectivity index (χ1n) is 9.79. The number of unbranched alkanes of at least 4 members (excludes halogenated alkanes) is 1. The van der Waals surface area contributed by atoms with E-state index < -0.39 is 17.5 Å². The number of ether oxygens (including phenoxy) is 2. The highest BCUT2D eigenvalue weighted by molar-refractivity contribution is 5.84. The molecular weight excluding hydrogens is 391 g/mol. The molecule has 162 valence electrons. The monoisotopic (exact) mass is 418 g/mol. The number of carbonyl (C=O) groups excluding carboxylic acids is 1. The molecule has 0 spiro atoms. The van der Waals surface area contributed by atoms with Crippen molar-refractivity contribution in [3.05, 3.63) is 23.8 Å². The largest absolute Gasteiger partial charge is 0.494 e. The molecule has 0 atom stereocenters. The zero-order valence-corrected chi connectivity index (χ0v) is 17.9. The molecule has 0 saturated carbocycles. The number of amides is 1. The number of hydrogen-bond donors (Lipinski definition) is 2. The van der Waals surface area contributed by atoms with Crippen molar-refractivity contribution in [3.63, 3.8) is 0 Å². The van der Waals surface area contributed by atoms with Gasteiger partial charge in [-0.15, -0.1) is 10.2 Å². The van der Waals surface area contributed by atoms with E-state index in [1.165, 1.54) is 13.2 Å². The van der Waals surface area contributed by atoms with Gasteiger partial charge in [0.15, 0.2) is 17.4 Å². The third-order valence-electron chi connectivity index (χ3n) is 4.32. The molecule has 9 nitrogen and oxygen atoms in total. The van der Waals surface area contributed by atoms with Gasteiger partial charge < -0.3 is 20.1 Å². The van der Waals surface area contributed by atoms with Crippen LogP contribution >= 0.6 is 0 Å². The van der Waals surface area contributed by atoms with E-state index in [-0.39, 0.29) is 5.75 Å². The number of aryl methyl sites for hydroxylation is 1. The molecule has 0 saturated heterocycles. The Balaban J connectivity index is 1.66. The van der Waals surface area contributed by atoms with Gasteiger partial charge >= 0.3 is 6.09 Å². The lowest BCUT2D eigenvalue weighted by molar-refractivity contribution is 0.0527. The summed E-state index contributed by atoms with van der Waals surface area (Å²) in [7, 11) is 1.41. The molecule has 10 heteroatoms. The molecule has 0 aliphatic carbocycles. The zero-order valence-electron chi connectivity index (χ0n) is 17.9. The van der Waals surface area contributed by atoms with Gasteiger partial charge in [-0.25, -0.2) is 14.2 Å². The van der Waals surface area contributed by atoms with Gasteiger partial charge in [-0.2, -0.15) is 0 Å². The fourth-order valence-electron chi connectivity index (χ4n) is 3.01. The molecule has 0 unspecified atom stereocenters. The van der Waals surface area contributed by atoms with Crippen LogP contribution < -0.4 is 15.4 Å². The van der Waals surface area contributed by atoms with Gasteiger partial charge in [-0.1, -0.05) is 0 Å². The number of alkyl carbamates (subject to hydrolysis) is 1. The lowest BCUT2D eigenvalue weighted by atomic mass is 10.2. The summed E-state index contributed by atoms with van der Waals surface area (Å²) in [4.78, 5) is 16.2. The predicted molar refractivity (Wildman–Crippen MR) is 111 cm³/mol. The summed E-state index contributed by atoms with van der Waals surface area (Å²) in [6.07, 6.45) is 1.14. The molecule has 1 amide bonds. The predicted octanol–water partition coefficient (Wildman–Crippen LogP) is 3.45. The highest BCUT2D eigenvalue weighted by Crippen LogP contribution is 2.27. The molecule has 2 heterocycles. The Labute approximate surface area is 174 Å². The molecule has 0 fully saturated rings. The molecule has 0 bridgehead atoms. The highest BCUT2D eigenvalue weighted by Gasteiger charge is 2.17. The van der Waals surface area contributed by atoms with Crippen molar-refractivity contribution in [2.75, 3.05) is 25.5 Å². The Kier molecular flexibility index (Phi) is 6.23. The number of benzene rings is 1. The van der Waals surface area contributed by atoms with E-state index in [2.05, 4.69) is 25.8 Å². The molecule has 1 aromatic carbocycles. The SMILES string of the molecule is COc1cc2nc(NCCCCNC(=O)OC(C)(C)C)c3nnc(C)n3c2cc1F. The van der Waals surface area contributed by atoms with Crippen LogP contribution in [0.3, 0.4) is 0 Å². The minimum Gasteiger partial charge on any atom is -0.494 e. The van der Waals surface area contributed by atoms with Crippen LogP contribution in [-0.2, 0) is 4.74 Å². The number of fused-ring (bicyclic) bond motifs is 3. The first-order chi connectivity index (χ1) is 14.2. The smallest absolute Gasteiger partial charge is 0.407 e. The summed E-state index contributed by atoms with van der Waals surface area (Å²) in [6.45, 7) is 8.40.